The molecule has 3 aromatic rings. The Morgan fingerprint density at radius 3 is 2.65 bits per heavy atom. The van der Waals surface area contributed by atoms with Gasteiger partial charge in [-0.15, -0.1) is 0 Å². The molecule has 0 aliphatic rings. The summed E-state index contributed by atoms with van der Waals surface area (Å²) in [6.45, 7) is 0. The highest BCUT2D eigenvalue weighted by molar-refractivity contribution is 6.30. The smallest absolute Gasteiger partial charge is 0.306 e. The first kappa shape index (κ1) is 13.0. The van der Waals surface area contributed by atoms with Crippen LogP contribution in [0.15, 0.2) is 48.8 Å². The molecule has 0 atom stereocenters. The lowest BCUT2D eigenvalue weighted by Crippen LogP contribution is -2.04. The second kappa shape index (κ2) is 4.52. The van der Waals surface area contributed by atoms with Crippen LogP contribution in [0.5, 0.6) is 0 Å². The molecule has 2 heterocycles. The van der Waals surface area contributed by atoms with Gasteiger partial charge in [0.25, 0.3) is 0 Å². The monoisotopic (exact) mass is 296 g/mol. The summed E-state index contributed by atoms with van der Waals surface area (Å²) in [6, 6.07) is 8.43. The van der Waals surface area contributed by atoms with Gasteiger partial charge in [0.1, 0.15) is 5.65 Å². The Morgan fingerprint density at radius 1 is 1.10 bits per heavy atom. The molecule has 0 fully saturated rings. The van der Waals surface area contributed by atoms with Crippen molar-refractivity contribution < 1.29 is 13.2 Å². The van der Waals surface area contributed by atoms with Gasteiger partial charge in [-0.05, 0) is 18.2 Å². The third kappa shape index (κ3) is 2.36. The SMILES string of the molecule is FC(F)(F)c1cccc(-c2cn3ccc(Cl)cc3n2)c1. The first-order valence-electron chi connectivity index (χ1n) is 5.75. The largest absolute Gasteiger partial charge is 0.416 e. The number of pyridine rings is 1. The minimum atomic E-state index is -4.36. The number of hydrogen-bond donors (Lipinski definition) is 0. The molecule has 102 valence electrons. The van der Waals surface area contributed by atoms with Crippen LogP contribution in [0.4, 0.5) is 13.2 Å². The fourth-order valence-electron chi connectivity index (χ4n) is 1.95. The highest BCUT2D eigenvalue weighted by Crippen LogP contribution is 2.32. The standard InChI is InChI=1S/C14H8ClF3N2/c15-11-4-5-20-8-12(19-13(20)7-11)9-2-1-3-10(6-9)14(16,17)18/h1-8H. The molecule has 20 heavy (non-hydrogen) atoms. The fourth-order valence-corrected chi connectivity index (χ4v) is 2.10. The number of hydrogen-bond acceptors (Lipinski definition) is 1. The van der Waals surface area contributed by atoms with Crippen LogP contribution in [0, 0.1) is 0 Å². The average molecular weight is 297 g/mol. The van der Waals surface area contributed by atoms with Gasteiger partial charge in [0.05, 0.1) is 11.3 Å². The molecule has 2 aromatic heterocycles. The molecule has 6 heteroatoms. The first-order chi connectivity index (χ1) is 9.43. The van der Waals surface area contributed by atoms with E-state index in [1.54, 1.807) is 35.0 Å². The summed E-state index contributed by atoms with van der Waals surface area (Å²) in [4.78, 5) is 4.28. The molecular weight excluding hydrogens is 289 g/mol. The number of fused-ring (bicyclic) bond motifs is 1. The maximum absolute atomic E-state index is 12.7. The Hall–Kier alpha value is -2.01. The lowest BCUT2D eigenvalue weighted by Gasteiger charge is -2.07. The fraction of sp³-hybridized carbons (Fsp3) is 0.0714. The number of nitrogens with zero attached hydrogens (tertiary/aromatic N) is 2. The highest BCUT2D eigenvalue weighted by atomic mass is 35.5. The van der Waals surface area contributed by atoms with Crippen molar-refractivity contribution in [1.82, 2.24) is 9.38 Å². The first-order valence-corrected chi connectivity index (χ1v) is 6.13. The second-order valence-electron chi connectivity index (χ2n) is 4.32. The predicted molar refractivity (Wildman–Crippen MR) is 70.6 cm³/mol. The zero-order valence-corrected chi connectivity index (χ0v) is 10.8. The zero-order valence-electron chi connectivity index (χ0n) is 10.0. The van der Waals surface area contributed by atoms with Crippen LogP contribution in [-0.4, -0.2) is 9.38 Å². The van der Waals surface area contributed by atoms with Crippen LogP contribution in [0.3, 0.4) is 0 Å². The Bertz CT molecular complexity index is 777. The van der Waals surface area contributed by atoms with Crippen molar-refractivity contribution in [3.8, 4) is 11.3 Å². The molecule has 0 amide bonds. The van der Waals surface area contributed by atoms with Crippen LogP contribution in [0.25, 0.3) is 16.9 Å². The Labute approximate surface area is 117 Å². The van der Waals surface area contributed by atoms with Crippen molar-refractivity contribution in [2.75, 3.05) is 0 Å². The zero-order chi connectivity index (χ0) is 14.3. The predicted octanol–water partition coefficient (Wildman–Crippen LogP) is 4.67. The van der Waals surface area contributed by atoms with Gasteiger partial charge in [-0.3, -0.25) is 0 Å². The number of rotatable bonds is 1. The van der Waals surface area contributed by atoms with Crippen LogP contribution in [0.1, 0.15) is 5.56 Å². The molecule has 1 aromatic carbocycles. The highest BCUT2D eigenvalue weighted by Gasteiger charge is 2.30. The maximum atomic E-state index is 12.7. The topological polar surface area (TPSA) is 17.3 Å². The lowest BCUT2D eigenvalue weighted by atomic mass is 10.1. The lowest BCUT2D eigenvalue weighted by molar-refractivity contribution is -0.137. The molecule has 0 saturated carbocycles. The molecule has 3 rings (SSSR count). The van der Waals surface area contributed by atoms with Gasteiger partial charge >= 0.3 is 6.18 Å². The number of imidazole rings is 1. The van der Waals surface area contributed by atoms with E-state index in [-0.39, 0.29) is 0 Å². The van der Waals surface area contributed by atoms with E-state index in [1.807, 2.05) is 0 Å². The van der Waals surface area contributed by atoms with Gasteiger partial charge < -0.3 is 4.40 Å². The summed E-state index contributed by atoms with van der Waals surface area (Å²) in [6.07, 6.45) is -0.985. The van der Waals surface area contributed by atoms with Gasteiger partial charge in [0.15, 0.2) is 0 Å². The molecular formula is C14H8ClF3N2. The number of benzene rings is 1. The Kier molecular flexibility index (Phi) is 2.94. The minimum Gasteiger partial charge on any atom is -0.306 e. The van der Waals surface area contributed by atoms with Crippen LogP contribution in [0.2, 0.25) is 5.02 Å². The Balaban J connectivity index is 2.11. The quantitative estimate of drug-likeness (QED) is 0.637. The molecule has 0 bridgehead atoms. The summed E-state index contributed by atoms with van der Waals surface area (Å²) >= 11 is 5.86. The van der Waals surface area contributed by atoms with Crippen LogP contribution in [-0.2, 0) is 6.18 Å². The van der Waals surface area contributed by atoms with E-state index in [0.29, 0.717) is 21.9 Å². The minimum absolute atomic E-state index is 0.416. The van der Waals surface area contributed by atoms with Crippen molar-refractivity contribution in [3.05, 3.63) is 59.4 Å². The van der Waals surface area contributed by atoms with E-state index in [1.165, 1.54) is 6.07 Å². The summed E-state index contributed by atoms with van der Waals surface area (Å²) in [5, 5.41) is 0.527. The molecule has 0 unspecified atom stereocenters. The molecule has 0 spiro atoms. The summed E-state index contributed by atoms with van der Waals surface area (Å²) in [7, 11) is 0. The summed E-state index contributed by atoms with van der Waals surface area (Å²) in [5.74, 6) is 0. The normalized spacial score (nSPS) is 12.0. The molecule has 0 radical (unpaired) electrons. The van der Waals surface area contributed by atoms with Gasteiger partial charge in [0.2, 0.25) is 0 Å². The summed E-state index contributed by atoms with van der Waals surface area (Å²) < 4.78 is 39.8. The molecule has 0 N–H and O–H groups in total. The van der Waals surface area contributed by atoms with Gasteiger partial charge in [-0.1, -0.05) is 23.7 Å². The summed E-state index contributed by atoms with van der Waals surface area (Å²) in [5.41, 5.74) is 0.785. The van der Waals surface area contributed by atoms with Crippen LogP contribution >= 0.6 is 11.6 Å². The van der Waals surface area contributed by atoms with Gasteiger partial charge in [-0.2, -0.15) is 13.2 Å². The van der Waals surface area contributed by atoms with Crippen molar-refractivity contribution in [1.29, 1.82) is 0 Å². The molecule has 0 aliphatic heterocycles. The van der Waals surface area contributed by atoms with E-state index in [2.05, 4.69) is 4.98 Å². The van der Waals surface area contributed by atoms with E-state index in [0.717, 1.165) is 12.1 Å². The van der Waals surface area contributed by atoms with E-state index < -0.39 is 11.7 Å². The average Bonchev–Trinajstić information content (AvgIpc) is 2.81. The molecule has 0 saturated heterocycles. The molecule has 0 aliphatic carbocycles. The van der Waals surface area contributed by atoms with E-state index in [9.17, 15) is 13.2 Å². The third-order valence-electron chi connectivity index (χ3n) is 2.91. The third-order valence-corrected chi connectivity index (χ3v) is 3.14. The van der Waals surface area contributed by atoms with Gasteiger partial charge in [-0.25, -0.2) is 4.98 Å². The van der Waals surface area contributed by atoms with Crippen molar-refractivity contribution >= 4 is 17.2 Å². The van der Waals surface area contributed by atoms with E-state index in [4.69, 9.17) is 11.6 Å². The second-order valence-corrected chi connectivity index (χ2v) is 4.75. The maximum Gasteiger partial charge on any atom is 0.416 e. The molecule has 2 nitrogen and oxygen atoms in total. The number of halogens is 4. The van der Waals surface area contributed by atoms with E-state index >= 15 is 0 Å². The number of aromatic nitrogens is 2. The Morgan fingerprint density at radius 2 is 1.90 bits per heavy atom. The van der Waals surface area contributed by atoms with Gasteiger partial charge in [0, 0.05) is 29.0 Å². The van der Waals surface area contributed by atoms with Crippen molar-refractivity contribution in [2.45, 2.75) is 6.18 Å². The van der Waals surface area contributed by atoms with Crippen molar-refractivity contribution in [2.24, 2.45) is 0 Å². The number of alkyl halides is 3. The van der Waals surface area contributed by atoms with Crippen LogP contribution < -0.4 is 0 Å². The van der Waals surface area contributed by atoms with Crippen molar-refractivity contribution in [3.63, 3.8) is 0 Å².